The third kappa shape index (κ3) is 25.6. The molecule has 0 aliphatic rings. The highest BCUT2D eigenvalue weighted by Gasteiger charge is 2.11. The average molecular weight is 162 g/mol. The predicted octanol–water partition coefficient (Wildman–Crippen LogP) is 4.99. The molecule has 0 nitrogen and oxygen atoms in total. The molecule has 0 aromatic heterocycles. The molecule has 11 heavy (non-hydrogen) atoms. The van der Waals surface area contributed by atoms with Gasteiger partial charge in [-0.1, -0.05) is 56.9 Å². The summed E-state index contributed by atoms with van der Waals surface area (Å²) in [7, 11) is 0. The van der Waals surface area contributed by atoms with E-state index >= 15 is 0 Å². The van der Waals surface area contributed by atoms with Crippen molar-refractivity contribution in [3.63, 3.8) is 0 Å². The normalized spacial score (nSPS) is 9.27. The molecular formula is C11H30. The lowest BCUT2D eigenvalue weighted by Crippen LogP contribution is -2.08. The zero-order chi connectivity index (χ0) is 6.78. The minimum atomic E-state index is 0. The third-order valence-corrected chi connectivity index (χ3v) is 1.02. The summed E-state index contributed by atoms with van der Waals surface area (Å²) in [6, 6.07) is 0. The van der Waals surface area contributed by atoms with Crippen LogP contribution in [0.4, 0.5) is 0 Å². The molecule has 0 aliphatic carbocycles. The van der Waals surface area contributed by atoms with E-state index in [1.165, 1.54) is 6.42 Å². The zero-order valence-electron chi connectivity index (χ0n) is 6.78. The van der Waals surface area contributed by atoms with E-state index in [9.17, 15) is 0 Å². The van der Waals surface area contributed by atoms with Crippen LogP contribution in [0.1, 0.15) is 63.3 Å². The second-order valence-electron chi connectivity index (χ2n) is 4.16. The van der Waals surface area contributed by atoms with Gasteiger partial charge < -0.3 is 0 Å². The molecule has 0 fully saturated rings. The number of hydrogen-bond acceptors (Lipinski definition) is 0. The van der Waals surface area contributed by atoms with Crippen molar-refractivity contribution in [2.45, 2.75) is 63.3 Å². The molecule has 74 valence electrons. The van der Waals surface area contributed by atoms with Crippen molar-refractivity contribution in [3.8, 4) is 0 Å². The fourth-order valence-electron chi connectivity index (χ4n) is 1.22. The molecule has 0 aliphatic heterocycles. The number of hydrogen-bond donors (Lipinski definition) is 0. The highest BCUT2D eigenvalue weighted by molar-refractivity contribution is 4.62. The molecule has 0 spiro atoms. The van der Waals surface area contributed by atoms with Gasteiger partial charge in [0.15, 0.2) is 0 Å². The van der Waals surface area contributed by atoms with Gasteiger partial charge in [-0.15, -0.1) is 0 Å². The van der Waals surface area contributed by atoms with Gasteiger partial charge in [0.05, 0.1) is 0 Å². The van der Waals surface area contributed by atoms with E-state index in [2.05, 4.69) is 34.6 Å². The molecule has 0 aromatic carbocycles. The summed E-state index contributed by atoms with van der Waals surface area (Å²) in [5, 5.41) is 0. The van der Waals surface area contributed by atoms with Gasteiger partial charge >= 0.3 is 0 Å². The lowest BCUT2D eigenvalue weighted by molar-refractivity contribution is 0.320. The first-order valence-electron chi connectivity index (χ1n) is 3.42. The molecule has 0 N–H and O–H groups in total. The molecule has 0 bridgehead atoms. The van der Waals surface area contributed by atoms with Gasteiger partial charge in [0.25, 0.3) is 0 Å². The van der Waals surface area contributed by atoms with E-state index in [0.29, 0.717) is 5.41 Å². The van der Waals surface area contributed by atoms with Gasteiger partial charge in [0.1, 0.15) is 0 Å². The topological polar surface area (TPSA) is 0 Å². The Morgan fingerprint density at radius 1 is 0.909 bits per heavy atom. The van der Waals surface area contributed by atoms with E-state index in [0.717, 1.165) is 5.92 Å². The predicted molar refractivity (Wildman–Crippen MR) is 59.1 cm³/mol. The molecule has 0 unspecified atom stereocenters. The maximum atomic E-state index is 2.28. The first-order chi connectivity index (χ1) is 3.42. The second-order valence-corrected chi connectivity index (χ2v) is 4.16. The van der Waals surface area contributed by atoms with Crippen LogP contribution in [-0.2, 0) is 0 Å². The van der Waals surface area contributed by atoms with Crippen molar-refractivity contribution >= 4 is 0 Å². The molecule has 0 saturated heterocycles. The van der Waals surface area contributed by atoms with E-state index in [1.54, 1.807) is 0 Å². The standard InChI is InChI=1S/C8H18.3CH4/c1-7(2)6-8(3,4)5;;;/h7H,6H2,1-5H3;3*1H4. The van der Waals surface area contributed by atoms with Crippen LogP contribution in [-0.4, -0.2) is 0 Å². The molecule has 0 amide bonds. The maximum absolute atomic E-state index is 2.28. The van der Waals surface area contributed by atoms with E-state index < -0.39 is 0 Å². The highest BCUT2D eigenvalue weighted by Crippen LogP contribution is 2.23. The van der Waals surface area contributed by atoms with Crippen LogP contribution in [0.3, 0.4) is 0 Å². The van der Waals surface area contributed by atoms with Gasteiger partial charge in [0.2, 0.25) is 0 Å². The SMILES string of the molecule is C.C.C.CC(C)CC(C)(C)C. The Morgan fingerprint density at radius 2 is 1.18 bits per heavy atom. The van der Waals surface area contributed by atoms with Crippen molar-refractivity contribution in [2.24, 2.45) is 11.3 Å². The van der Waals surface area contributed by atoms with Crippen LogP contribution >= 0.6 is 0 Å². The summed E-state index contributed by atoms with van der Waals surface area (Å²) in [6.07, 6.45) is 1.33. The van der Waals surface area contributed by atoms with E-state index in [1.807, 2.05) is 0 Å². The molecule has 0 saturated carbocycles. The van der Waals surface area contributed by atoms with E-state index in [4.69, 9.17) is 0 Å². The Morgan fingerprint density at radius 3 is 1.18 bits per heavy atom. The summed E-state index contributed by atoms with van der Waals surface area (Å²) >= 11 is 0. The minimum absolute atomic E-state index is 0. The smallest absolute Gasteiger partial charge is 0.0380 e. The number of rotatable bonds is 1. The van der Waals surface area contributed by atoms with Crippen molar-refractivity contribution in [2.75, 3.05) is 0 Å². The summed E-state index contributed by atoms with van der Waals surface area (Å²) < 4.78 is 0. The summed E-state index contributed by atoms with van der Waals surface area (Å²) in [6.45, 7) is 11.4. The Labute approximate surface area is 75.4 Å². The fourth-order valence-corrected chi connectivity index (χ4v) is 1.22. The lowest BCUT2D eigenvalue weighted by atomic mass is 9.86. The second kappa shape index (κ2) is 8.10. The third-order valence-electron chi connectivity index (χ3n) is 1.02. The Bertz CT molecular complexity index is 54.9. The summed E-state index contributed by atoms with van der Waals surface area (Å²) in [5.74, 6) is 0.843. The van der Waals surface area contributed by atoms with Crippen molar-refractivity contribution in [3.05, 3.63) is 0 Å². The van der Waals surface area contributed by atoms with Crippen molar-refractivity contribution in [1.82, 2.24) is 0 Å². The first kappa shape index (κ1) is 22.4. The quantitative estimate of drug-likeness (QED) is 0.509. The van der Waals surface area contributed by atoms with Crippen LogP contribution in [0.25, 0.3) is 0 Å². The average Bonchev–Trinajstić information content (AvgIpc) is 1.21. The van der Waals surface area contributed by atoms with Gasteiger partial charge in [-0.3, -0.25) is 0 Å². The van der Waals surface area contributed by atoms with Gasteiger partial charge in [-0.2, -0.15) is 0 Å². The molecule has 0 radical (unpaired) electrons. The van der Waals surface area contributed by atoms with Gasteiger partial charge in [0, 0.05) is 0 Å². The molecule has 0 aromatic rings. The zero-order valence-corrected chi connectivity index (χ0v) is 6.78. The summed E-state index contributed by atoms with van der Waals surface area (Å²) in [5.41, 5.74) is 0.522. The molecule has 0 heteroatoms. The monoisotopic (exact) mass is 162 g/mol. The fraction of sp³-hybridized carbons (Fsp3) is 1.00. The Kier molecular flexibility index (Phi) is 16.5. The van der Waals surface area contributed by atoms with Crippen molar-refractivity contribution < 1.29 is 0 Å². The molecule has 0 heterocycles. The Balaban J connectivity index is -0.0000000817. The summed E-state index contributed by atoms with van der Waals surface area (Å²) in [4.78, 5) is 0. The van der Waals surface area contributed by atoms with Gasteiger partial charge in [-0.25, -0.2) is 0 Å². The first-order valence-corrected chi connectivity index (χ1v) is 3.42. The molecular weight excluding hydrogens is 132 g/mol. The molecule has 0 rings (SSSR count). The van der Waals surface area contributed by atoms with Crippen LogP contribution in [0.2, 0.25) is 0 Å². The van der Waals surface area contributed by atoms with Crippen LogP contribution in [0.5, 0.6) is 0 Å². The van der Waals surface area contributed by atoms with Crippen LogP contribution in [0.15, 0.2) is 0 Å². The van der Waals surface area contributed by atoms with E-state index in [-0.39, 0.29) is 22.3 Å². The maximum Gasteiger partial charge on any atom is -0.0380 e. The Hall–Kier alpha value is 0. The minimum Gasteiger partial charge on any atom is -0.0776 e. The highest BCUT2D eigenvalue weighted by atomic mass is 14.2. The van der Waals surface area contributed by atoms with Crippen LogP contribution < -0.4 is 0 Å². The largest absolute Gasteiger partial charge is 0.0776 e. The van der Waals surface area contributed by atoms with Gasteiger partial charge in [-0.05, 0) is 17.8 Å². The van der Waals surface area contributed by atoms with Crippen LogP contribution in [0, 0.1) is 11.3 Å². The lowest BCUT2D eigenvalue weighted by Gasteiger charge is -2.19. The molecule has 0 atom stereocenters. The van der Waals surface area contributed by atoms with Crippen molar-refractivity contribution in [1.29, 1.82) is 0 Å².